The number of hydrogen-bond acceptors (Lipinski definition) is 1. The Bertz CT molecular complexity index is 290. The van der Waals surface area contributed by atoms with Gasteiger partial charge in [0.25, 0.3) is 0 Å². The molecule has 2 heteroatoms. The van der Waals surface area contributed by atoms with Gasteiger partial charge in [-0.1, -0.05) is 25.0 Å². The zero-order valence-corrected chi connectivity index (χ0v) is 10.3. The third kappa shape index (κ3) is 3.24. The van der Waals surface area contributed by atoms with E-state index >= 15 is 0 Å². The molecule has 1 N–H and O–H groups in total. The van der Waals surface area contributed by atoms with Crippen molar-refractivity contribution in [1.29, 1.82) is 0 Å². The quantitative estimate of drug-likeness (QED) is 0.848. The lowest BCUT2D eigenvalue weighted by molar-refractivity contribution is 0.158. The largest absolute Gasteiger partial charge is 0.393 e. The molecule has 0 spiro atoms. The highest BCUT2D eigenvalue weighted by Crippen LogP contribution is 2.34. The molecule has 1 unspecified atom stereocenters. The van der Waals surface area contributed by atoms with Crippen LogP contribution in [0.15, 0.2) is 24.3 Å². The van der Waals surface area contributed by atoms with Gasteiger partial charge in [0.05, 0.1) is 6.10 Å². The number of benzene rings is 1. The van der Waals surface area contributed by atoms with Gasteiger partial charge in [-0.15, -0.1) is 0 Å². The van der Waals surface area contributed by atoms with Crippen LogP contribution >= 0.6 is 22.6 Å². The minimum absolute atomic E-state index is 0.137. The average molecular weight is 302 g/mol. The van der Waals surface area contributed by atoms with Crippen LogP contribution in [0.4, 0.5) is 0 Å². The molecular weight excluding hydrogens is 287 g/mol. The SMILES string of the molecule is OC(Cc1ccc(I)cc1)CC1CC1. The van der Waals surface area contributed by atoms with Crippen LogP contribution in [0.25, 0.3) is 0 Å². The van der Waals surface area contributed by atoms with Crippen LogP contribution in [0.5, 0.6) is 0 Å². The number of aliphatic hydroxyl groups is 1. The average Bonchev–Trinajstić information content (AvgIpc) is 2.93. The molecule has 1 saturated carbocycles. The Morgan fingerprint density at radius 3 is 2.50 bits per heavy atom. The first kappa shape index (κ1) is 10.4. The van der Waals surface area contributed by atoms with Crippen LogP contribution < -0.4 is 0 Å². The molecule has 14 heavy (non-hydrogen) atoms. The topological polar surface area (TPSA) is 20.2 Å². The lowest BCUT2D eigenvalue weighted by atomic mass is 10.0. The highest BCUT2D eigenvalue weighted by molar-refractivity contribution is 14.1. The zero-order chi connectivity index (χ0) is 9.97. The van der Waals surface area contributed by atoms with Crippen molar-refractivity contribution in [3.8, 4) is 0 Å². The third-order valence-electron chi connectivity index (χ3n) is 2.69. The molecule has 0 aliphatic heterocycles. The molecule has 0 radical (unpaired) electrons. The fourth-order valence-electron chi connectivity index (χ4n) is 1.71. The Morgan fingerprint density at radius 2 is 1.93 bits per heavy atom. The Labute approximate surface area is 98.7 Å². The van der Waals surface area contributed by atoms with E-state index in [9.17, 15) is 5.11 Å². The number of halogens is 1. The number of rotatable bonds is 4. The molecule has 1 atom stereocenters. The maximum atomic E-state index is 9.78. The monoisotopic (exact) mass is 302 g/mol. The van der Waals surface area contributed by atoms with E-state index < -0.39 is 0 Å². The highest BCUT2D eigenvalue weighted by Gasteiger charge is 2.24. The van der Waals surface area contributed by atoms with Crippen molar-refractivity contribution in [2.75, 3.05) is 0 Å². The van der Waals surface area contributed by atoms with Crippen LogP contribution in [-0.2, 0) is 6.42 Å². The molecule has 0 bridgehead atoms. The summed E-state index contributed by atoms with van der Waals surface area (Å²) >= 11 is 2.30. The maximum absolute atomic E-state index is 9.78. The second kappa shape index (κ2) is 4.62. The van der Waals surface area contributed by atoms with E-state index in [1.165, 1.54) is 22.0 Å². The first-order valence-corrected chi connectivity index (χ1v) is 6.24. The summed E-state index contributed by atoms with van der Waals surface area (Å²) in [6.45, 7) is 0. The molecule has 1 nitrogen and oxygen atoms in total. The fraction of sp³-hybridized carbons (Fsp3) is 0.500. The first-order valence-electron chi connectivity index (χ1n) is 5.16. The summed E-state index contributed by atoms with van der Waals surface area (Å²) in [4.78, 5) is 0. The summed E-state index contributed by atoms with van der Waals surface area (Å²) in [5.41, 5.74) is 1.25. The van der Waals surface area contributed by atoms with E-state index in [0.717, 1.165) is 18.8 Å². The van der Waals surface area contributed by atoms with Crippen molar-refractivity contribution in [2.24, 2.45) is 5.92 Å². The molecule has 0 aromatic heterocycles. The number of aliphatic hydroxyl groups excluding tert-OH is 1. The summed E-state index contributed by atoms with van der Waals surface area (Å²) < 4.78 is 1.25. The lowest BCUT2D eigenvalue weighted by Crippen LogP contribution is -2.11. The van der Waals surface area contributed by atoms with Crippen LogP contribution in [0.3, 0.4) is 0 Å². The van der Waals surface area contributed by atoms with E-state index in [4.69, 9.17) is 0 Å². The van der Waals surface area contributed by atoms with Crippen molar-refractivity contribution in [2.45, 2.75) is 31.8 Å². The van der Waals surface area contributed by atoms with Gasteiger partial charge in [0, 0.05) is 3.57 Å². The standard InChI is InChI=1S/C12H15IO/c13-11-5-3-10(4-6-11)8-12(14)7-9-1-2-9/h3-6,9,12,14H,1-2,7-8H2. The summed E-state index contributed by atoms with van der Waals surface area (Å²) in [6.07, 6.45) is 4.31. The van der Waals surface area contributed by atoms with Crippen molar-refractivity contribution in [3.63, 3.8) is 0 Å². The molecule has 0 saturated heterocycles. The zero-order valence-electron chi connectivity index (χ0n) is 8.12. The summed E-state index contributed by atoms with van der Waals surface area (Å²) in [6, 6.07) is 8.41. The van der Waals surface area contributed by atoms with Gasteiger partial charge in [-0.2, -0.15) is 0 Å². The molecule has 1 aliphatic carbocycles. The van der Waals surface area contributed by atoms with Crippen LogP contribution in [-0.4, -0.2) is 11.2 Å². The molecule has 1 aromatic rings. The molecule has 1 fully saturated rings. The Balaban J connectivity index is 1.85. The van der Waals surface area contributed by atoms with Gasteiger partial charge in [0.2, 0.25) is 0 Å². The maximum Gasteiger partial charge on any atom is 0.0583 e. The second-order valence-electron chi connectivity index (χ2n) is 4.16. The van der Waals surface area contributed by atoms with Gasteiger partial charge in [0.1, 0.15) is 0 Å². The molecule has 0 amide bonds. The van der Waals surface area contributed by atoms with Crippen molar-refractivity contribution in [1.82, 2.24) is 0 Å². The van der Waals surface area contributed by atoms with Gasteiger partial charge in [0.15, 0.2) is 0 Å². The first-order chi connectivity index (χ1) is 6.74. The lowest BCUT2D eigenvalue weighted by Gasteiger charge is -2.09. The molecule has 76 valence electrons. The molecule has 0 heterocycles. The fourth-order valence-corrected chi connectivity index (χ4v) is 2.07. The summed E-state index contributed by atoms with van der Waals surface area (Å²) in [7, 11) is 0. The van der Waals surface area contributed by atoms with Crippen molar-refractivity contribution >= 4 is 22.6 Å². The van der Waals surface area contributed by atoms with Crippen molar-refractivity contribution < 1.29 is 5.11 Å². The van der Waals surface area contributed by atoms with Gasteiger partial charge >= 0.3 is 0 Å². The Kier molecular flexibility index (Phi) is 3.44. The van der Waals surface area contributed by atoms with E-state index in [1.807, 2.05) is 0 Å². The van der Waals surface area contributed by atoms with Crippen LogP contribution in [0, 0.1) is 9.49 Å². The Morgan fingerprint density at radius 1 is 1.29 bits per heavy atom. The minimum atomic E-state index is -0.137. The summed E-state index contributed by atoms with van der Waals surface area (Å²) in [5.74, 6) is 0.814. The molecule has 2 rings (SSSR count). The van der Waals surface area contributed by atoms with Gasteiger partial charge < -0.3 is 5.11 Å². The minimum Gasteiger partial charge on any atom is -0.393 e. The Hall–Kier alpha value is -0.0900. The normalized spacial score (nSPS) is 18.1. The van der Waals surface area contributed by atoms with Crippen LogP contribution in [0.2, 0.25) is 0 Å². The summed E-state index contributed by atoms with van der Waals surface area (Å²) in [5, 5.41) is 9.78. The van der Waals surface area contributed by atoms with E-state index in [0.29, 0.717) is 0 Å². The predicted molar refractivity (Wildman–Crippen MR) is 66.2 cm³/mol. The van der Waals surface area contributed by atoms with Gasteiger partial charge in [-0.25, -0.2) is 0 Å². The van der Waals surface area contributed by atoms with Crippen molar-refractivity contribution in [3.05, 3.63) is 33.4 Å². The van der Waals surface area contributed by atoms with Gasteiger partial charge in [-0.05, 0) is 59.0 Å². The molecular formula is C12H15IO. The van der Waals surface area contributed by atoms with Crippen LogP contribution in [0.1, 0.15) is 24.8 Å². The molecule has 1 aliphatic rings. The smallest absolute Gasteiger partial charge is 0.0583 e. The van der Waals surface area contributed by atoms with Gasteiger partial charge in [-0.3, -0.25) is 0 Å². The van der Waals surface area contributed by atoms with E-state index in [2.05, 4.69) is 46.9 Å². The predicted octanol–water partition coefficient (Wildman–Crippen LogP) is 2.99. The van der Waals surface area contributed by atoms with E-state index in [1.54, 1.807) is 0 Å². The molecule has 1 aromatic carbocycles. The third-order valence-corrected chi connectivity index (χ3v) is 3.41. The van der Waals surface area contributed by atoms with E-state index in [-0.39, 0.29) is 6.10 Å². The highest BCUT2D eigenvalue weighted by atomic mass is 127. The number of hydrogen-bond donors (Lipinski definition) is 1. The second-order valence-corrected chi connectivity index (χ2v) is 5.41.